The number of carbonyl (C=O) groups is 1. The Labute approximate surface area is 83.2 Å². The van der Waals surface area contributed by atoms with Gasteiger partial charge in [-0.2, -0.15) is 0 Å². The van der Waals surface area contributed by atoms with Crippen LogP contribution in [0.5, 0.6) is 0 Å². The lowest BCUT2D eigenvalue weighted by atomic mass is 10.2. The van der Waals surface area contributed by atoms with Crippen molar-refractivity contribution >= 4 is 17.7 Å². The molecule has 4 heteroatoms. The molecule has 0 bridgehead atoms. The Morgan fingerprint density at radius 1 is 1.69 bits per heavy atom. The van der Waals surface area contributed by atoms with Crippen LogP contribution in [-0.2, 0) is 14.3 Å². The highest BCUT2D eigenvalue weighted by Crippen LogP contribution is 2.36. The Kier molecular flexibility index (Phi) is 4.06. The van der Waals surface area contributed by atoms with E-state index in [-0.39, 0.29) is 10.9 Å². The summed E-state index contributed by atoms with van der Waals surface area (Å²) in [6.07, 6.45) is 1.20. The number of esters is 1. The molecule has 0 aliphatic carbocycles. The highest BCUT2D eigenvalue weighted by molar-refractivity contribution is 8.00. The van der Waals surface area contributed by atoms with Gasteiger partial charge in [-0.15, -0.1) is 11.8 Å². The average Bonchev–Trinajstić information content (AvgIpc) is 2.51. The van der Waals surface area contributed by atoms with Crippen LogP contribution < -0.4 is 0 Å². The molecule has 0 aromatic carbocycles. The van der Waals surface area contributed by atoms with Gasteiger partial charge in [-0.05, 0) is 20.3 Å². The summed E-state index contributed by atoms with van der Waals surface area (Å²) in [6, 6.07) is 0. The fourth-order valence-corrected chi connectivity index (χ4v) is 2.27. The minimum atomic E-state index is -0.160. The van der Waals surface area contributed by atoms with Crippen LogP contribution in [0, 0.1) is 0 Å². The first kappa shape index (κ1) is 10.9. The van der Waals surface area contributed by atoms with Crippen LogP contribution >= 0.6 is 11.8 Å². The van der Waals surface area contributed by atoms with Gasteiger partial charge in [-0.1, -0.05) is 0 Å². The highest BCUT2D eigenvalue weighted by atomic mass is 32.2. The zero-order valence-electron chi connectivity index (χ0n) is 8.17. The van der Waals surface area contributed by atoms with Gasteiger partial charge in [0.05, 0.1) is 13.2 Å². The Bertz CT molecular complexity index is 176. The molecule has 3 nitrogen and oxygen atoms in total. The van der Waals surface area contributed by atoms with Crippen LogP contribution in [0.3, 0.4) is 0 Å². The first-order valence-electron chi connectivity index (χ1n) is 4.60. The minimum absolute atomic E-state index is 0.125. The molecule has 76 valence electrons. The quantitative estimate of drug-likeness (QED) is 0.654. The van der Waals surface area contributed by atoms with Gasteiger partial charge >= 0.3 is 5.97 Å². The smallest absolute Gasteiger partial charge is 0.305 e. The Morgan fingerprint density at radius 2 is 2.46 bits per heavy atom. The van der Waals surface area contributed by atoms with Gasteiger partial charge < -0.3 is 9.47 Å². The van der Waals surface area contributed by atoms with Crippen molar-refractivity contribution in [1.29, 1.82) is 0 Å². The van der Waals surface area contributed by atoms with Crippen LogP contribution in [0.1, 0.15) is 26.7 Å². The van der Waals surface area contributed by atoms with E-state index >= 15 is 0 Å². The topological polar surface area (TPSA) is 35.5 Å². The van der Waals surface area contributed by atoms with E-state index in [4.69, 9.17) is 9.47 Å². The zero-order valence-corrected chi connectivity index (χ0v) is 8.99. The summed E-state index contributed by atoms with van der Waals surface area (Å²) < 4.78 is 10.4. The predicted molar refractivity (Wildman–Crippen MR) is 52.7 cm³/mol. The third-order valence-electron chi connectivity index (χ3n) is 1.99. The third-order valence-corrected chi connectivity index (χ3v) is 3.29. The summed E-state index contributed by atoms with van der Waals surface area (Å²) in [7, 11) is 0. The van der Waals surface area contributed by atoms with Gasteiger partial charge in [-0.25, -0.2) is 0 Å². The van der Waals surface area contributed by atoms with E-state index in [9.17, 15) is 4.79 Å². The van der Waals surface area contributed by atoms with Crippen LogP contribution in [0.15, 0.2) is 0 Å². The standard InChI is InChI=1S/C9H16O3S/c1-3-11-8(10)4-5-9(2)12-6-7-13-9/h3-7H2,1-2H3. The summed E-state index contributed by atoms with van der Waals surface area (Å²) in [5.41, 5.74) is 0. The maximum absolute atomic E-state index is 11.1. The summed E-state index contributed by atoms with van der Waals surface area (Å²) in [5.74, 6) is 0.902. The van der Waals surface area contributed by atoms with Crippen LogP contribution in [0.25, 0.3) is 0 Å². The van der Waals surface area contributed by atoms with E-state index in [1.807, 2.05) is 13.8 Å². The van der Waals surface area contributed by atoms with Crippen LogP contribution in [0.2, 0.25) is 0 Å². The monoisotopic (exact) mass is 204 g/mol. The fraction of sp³-hybridized carbons (Fsp3) is 0.889. The van der Waals surface area contributed by atoms with Crippen molar-refractivity contribution in [2.45, 2.75) is 31.6 Å². The lowest BCUT2D eigenvalue weighted by Gasteiger charge is -2.21. The molecule has 0 aromatic rings. The molecular weight excluding hydrogens is 188 g/mol. The first-order valence-corrected chi connectivity index (χ1v) is 5.58. The van der Waals surface area contributed by atoms with Gasteiger partial charge in [0.15, 0.2) is 0 Å². The molecule has 0 amide bonds. The molecule has 1 aliphatic heterocycles. The number of rotatable bonds is 4. The highest BCUT2D eigenvalue weighted by Gasteiger charge is 2.30. The average molecular weight is 204 g/mol. The maximum atomic E-state index is 11.1. The fourth-order valence-electron chi connectivity index (χ4n) is 1.26. The number of thioether (sulfide) groups is 1. The van der Waals surface area contributed by atoms with Crippen molar-refractivity contribution in [2.24, 2.45) is 0 Å². The second-order valence-corrected chi connectivity index (χ2v) is 4.70. The van der Waals surface area contributed by atoms with E-state index in [2.05, 4.69) is 0 Å². The molecule has 0 radical (unpaired) electrons. The van der Waals surface area contributed by atoms with Crippen molar-refractivity contribution in [3.63, 3.8) is 0 Å². The number of hydrogen-bond acceptors (Lipinski definition) is 4. The zero-order chi connectivity index (χ0) is 9.73. The lowest BCUT2D eigenvalue weighted by molar-refractivity contribution is -0.144. The third kappa shape index (κ3) is 3.56. The molecule has 1 atom stereocenters. The summed E-state index contributed by atoms with van der Waals surface area (Å²) in [6.45, 7) is 5.11. The Morgan fingerprint density at radius 3 is 3.00 bits per heavy atom. The van der Waals surface area contributed by atoms with Gasteiger partial charge in [-0.3, -0.25) is 4.79 Å². The summed E-state index contributed by atoms with van der Waals surface area (Å²) >= 11 is 1.77. The van der Waals surface area contributed by atoms with Crippen LogP contribution in [0.4, 0.5) is 0 Å². The molecule has 1 unspecified atom stereocenters. The molecule has 1 heterocycles. The van der Waals surface area contributed by atoms with E-state index in [0.717, 1.165) is 18.8 Å². The largest absolute Gasteiger partial charge is 0.466 e. The Hall–Kier alpha value is -0.220. The van der Waals surface area contributed by atoms with Gasteiger partial charge in [0.1, 0.15) is 4.93 Å². The van der Waals surface area contributed by atoms with Crippen molar-refractivity contribution in [1.82, 2.24) is 0 Å². The van der Waals surface area contributed by atoms with Crippen molar-refractivity contribution in [3.8, 4) is 0 Å². The number of hydrogen-bond donors (Lipinski definition) is 0. The second kappa shape index (κ2) is 4.86. The molecular formula is C9H16O3S. The second-order valence-electron chi connectivity index (χ2n) is 3.14. The van der Waals surface area contributed by atoms with Crippen molar-refractivity contribution < 1.29 is 14.3 Å². The minimum Gasteiger partial charge on any atom is -0.466 e. The summed E-state index contributed by atoms with van der Waals surface area (Å²) in [5, 5.41) is 0. The lowest BCUT2D eigenvalue weighted by Crippen LogP contribution is -2.21. The molecule has 1 fully saturated rings. The van der Waals surface area contributed by atoms with Gasteiger partial charge in [0, 0.05) is 12.2 Å². The van der Waals surface area contributed by atoms with Gasteiger partial charge in [0.25, 0.3) is 0 Å². The SMILES string of the molecule is CCOC(=O)CCC1(C)OCCS1. The molecule has 0 spiro atoms. The van der Waals surface area contributed by atoms with Crippen molar-refractivity contribution in [3.05, 3.63) is 0 Å². The predicted octanol–water partition coefficient (Wildman–Crippen LogP) is 1.81. The van der Waals surface area contributed by atoms with E-state index in [1.165, 1.54) is 0 Å². The number of ether oxygens (including phenoxy) is 2. The maximum Gasteiger partial charge on any atom is 0.305 e. The van der Waals surface area contributed by atoms with Crippen LogP contribution in [-0.4, -0.2) is 29.9 Å². The van der Waals surface area contributed by atoms with E-state index in [0.29, 0.717) is 13.0 Å². The van der Waals surface area contributed by atoms with Crippen molar-refractivity contribution in [2.75, 3.05) is 19.0 Å². The van der Waals surface area contributed by atoms with E-state index < -0.39 is 0 Å². The molecule has 1 aliphatic rings. The van der Waals surface area contributed by atoms with Gasteiger partial charge in [0.2, 0.25) is 0 Å². The number of carbonyl (C=O) groups excluding carboxylic acids is 1. The summed E-state index contributed by atoms with van der Waals surface area (Å²) in [4.78, 5) is 10.9. The molecule has 13 heavy (non-hydrogen) atoms. The normalized spacial score (nSPS) is 27.5. The first-order chi connectivity index (χ1) is 6.16. The molecule has 1 rings (SSSR count). The molecule has 0 N–H and O–H groups in total. The van der Waals surface area contributed by atoms with E-state index in [1.54, 1.807) is 11.8 Å². The molecule has 1 saturated heterocycles. The molecule has 0 saturated carbocycles. The Balaban J connectivity index is 2.21. The molecule has 0 aromatic heterocycles.